The van der Waals surface area contributed by atoms with Crippen LogP contribution in [0, 0.1) is 30.9 Å². The van der Waals surface area contributed by atoms with Crippen LogP contribution in [-0.2, 0) is 14.3 Å². The number of carbonyl (C=O) groups excluding carboxylic acids is 2. The summed E-state index contributed by atoms with van der Waals surface area (Å²) in [5.74, 6) is -1.16. The van der Waals surface area contributed by atoms with Gasteiger partial charge in [0.15, 0.2) is 6.61 Å². The van der Waals surface area contributed by atoms with Gasteiger partial charge in [0.05, 0.1) is 4.92 Å². The molecule has 7 heteroatoms. The van der Waals surface area contributed by atoms with Crippen molar-refractivity contribution in [2.75, 3.05) is 11.9 Å². The Labute approximate surface area is 156 Å². The van der Waals surface area contributed by atoms with Crippen LogP contribution in [0.2, 0.25) is 0 Å². The van der Waals surface area contributed by atoms with Crippen molar-refractivity contribution in [3.63, 3.8) is 0 Å². The molecule has 2 aromatic rings. The Morgan fingerprint density at radius 2 is 1.81 bits per heavy atom. The molecule has 0 bridgehead atoms. The summed E-state index contributed by atoms with van der Waals surface area (Å²) in [7, 11) is 0. The van der Waals surface area contributed by atoms with Crippen molar-refractivity contribution in [2.45, 2.75) is 20.8 Å². The summed E-state index contributed by atoms with van der Waals surface area (Å²) in [6.07, 6.45) is 2.51. The number of anilines is 1. The van der Waals surface area contributed by atoms with Crippen molar-refractivity contribution < 1.29 is 19.2 Å². The normalized spacial score (nSPS) is 10.6. The number of ether oxygens (including phenoxy) is 1. The van der Waals surface area contributed by atoms with Crippen molar-refractivity contribution in [2.24, 2.45) is 0 Å². The second-order valence-corrected chi connectivity index (χ2v) is 6.12. The van der Waals surface area contributed by atoms with Gasteiger partial charge in [0.25, 0.3) is 11.6 Å². The minimum absolute atomic E-state index is 0.0752. The first-order valence-corrected chi connectivity index (χ1v) is 8.23. The van der Waals surface area contributed by atoms with Gasteiger partial charge in [-0.15, -0.1) is 0 Å². The third-order valence-electron chi connectivity index (χ3n) is 3.78. The summed E-state index contributed by atoms with van der Waals surface area (Å²) in [5.41, 5.74) is 4.07. The summed E-state index contributed by atoms with van der Waals surface area (Å²) >= 11 is 0. The third kappa shape index (κ3) is 5.78. The average Bonchev–Trinajstić information content (AvgIpc) is 2.61. The molecule has 0 aliphatic carbocycles. The number of nitrogens with zero attached hydrogens (tertiary/aromatic N) is 1. The molecule has 2 aromatic carbocycles. The van der Waals surface area contributed by atoms with Crippen molar-refractivity contribution in [3.05, 3.63) is 74.8 Å². The number of nitro groups is 1. The van der Waals surface area contributed by atoms with Crippen LogP contribution >= 0.6 is 0 Å². The number of esters is 1. The van der Waals surface area contributed by atoms with Crippen LogP contribution in [0.5, 0.6) is 0 Å². The number of nitro benzene ring substituents is 1. The van der Waals surface area contributed by atoms with E-state index in [0.29, 0.717) is 11.3 Å². The summed E-state index contributed by atoms with van der Waals surface area (Å²) < 4.78 is 4.91. The van der Waals surface area contributed by atoms with Crippen LogP contribution in [0.25, 0.3) is 6.08 Å². The van der Waals surface area contributed by atoms with Crippen molar-refractivity contribution >= 4 is 29.3 Å². The molecule has 1 amide bonds. The van der Waals surface area contributed by atoms with Crippen LogP contribution in [-0.4, -0.2) is 23.4 Å². The Kier molecular flexibility index (Phi) is 6.43. The van der Waals surface area contributed by atoms with Crippen LogP contribution in [0.1, 0.15) is 22.3 Å². The van der Waals surface area contributed by atoms with E-state index in [1.165, 1.54) is 24.3 Å². The number of amides is 1. The highest BCUT2D eigenvalue weighted by atomic mass is 16.6. The minimum Gasteiger partial charge on any atom is -0.452 e. The van der Waals surface area contributed by atoms with Gasteiger partial charge in [-0.25, -0.2) is 4.79 Å². The van der Waals surface area contributed by atoms with E-state index in [1.54, 1.807) is 6.07 Å². The van der Waals surface area contributed by atoms with Gasteiger partial charge < -0.3 is 10.1 Å². The maximum absolute atomic E-state index is 12.0. The first-order valence-electron chi connectivity index (χ1n) is 8.23. The molecule has 0 aromatic heterocycles. The summed E-state index contributed by atoms with van der Waals surface area (Å²) in [5, 5.41) is 13.5. The minimum atomic E-state index is -0.714. The van der Waals surface area contributed by atoms with Gasteiger partial charge in [-0.1, -0.05) is 29.8 Å². The standard InChI is InChI=1S/C20H20N2O5/c1-13-9-14(2)20(15(3)10-13)21-18(23)12-27-19(24)8-7-16-5-4-6-17(11-16)22(25)26/h4-11H,12H2,1-3H3,(H,21,23)/b8-7+. The van der Waals surface area contributed by atoms with E-state index < -0.39 is 23.4 Å². The molecule has 0 saturated heterocycles. The molecule has 0 aliphatic rings. The number of benzene rings is 2. The van der Waals surface area contributed by atoms with E-state index >= 15 is 0 Å². The Bertz CT molecular complexity index is 895. The smallest absolute Gasteiger partial charge is 0.331 e. The number of hydrogen-bond acceptors (Lipinski definition) is 5. The topological polar surface area (TPSA) is 98.5 Å². The summed E-state index contributed by atoms with van der Waals surface area (Å²) in [6.45, 7) is 5.33. The second kappa shape index (κ2) is 8.75. The van der Waals surface area contributed by atoms with Gasteiger partial charge >= 0.3 is 5.97 Å². The molecule has 0 aliphatic heterocycles. The van der Waals surface area contributed by atoms with Crippen LogP contribution in [0.15, 0.2) is 42.5 Å². The predicted octanol–water partition coefficient (Wildman–Crippen LogP) is 3.72. The van der Waals surface area contributed by atoms with Gasteiger partial charge in [-0.05, 0) is 43.5 Å². The van der Waals surface area contributed by atoms with E-state index in [4.69, 9.17) is 4.74 Å². The summed E-state index contributed by atoms with van der Waals surface area (Å²) in [4.78, 5) is 34.0. The van der Waals surface area contributed by atoms with E-state index in [-0.39, 0.29) is 5.69 Å². The number of aryl methyl sites for hydroxylation is 3. The zero-order valence-corrected chi connectivity index (χ0v) is 15.3. The molecular formula is C20H20N2O5. The van der Waals surface area contributed by atoms with Crippen molar-refractivity contribution in [3.8, 4) is 0 Å². The van der Waals surface area contributed by atoms with Gasteiger partial charge in [0.2, 0.25) is 0 Å². The zero-order chi connectivity index (χ0) is 20.0. The first-order chi connectivity index (χ1) is 12.8. The largest absolute Gasteiger partial charge is 0.452 e. The lowest BCUT2D eigenvalue weighted by Gasteiger charge is -2.12. The highest BCUT2D eigenvalue weighted by Gasteiger charge is 2.10. The van der Waals surface area contributed by atoms with E-state index in [1.807, 2.05) is 32.9 Å². The van der Waals surface area contributed by atoms with Crippen LogP contribution in [0.3, 0.4) is 0 Å². The lowest BCUT2D eigenvalue weighted by Crippen LogP contribution is -2.21. The molecule has 0 heterocycles. The number of non-ortho nitro benzene ring substituents is 1. The number of rotatable bonds is 6. The fraction of sp³-hybridized carbons (Fsp3) is 0.200. The molecule has 0 unspecified atom stereocenters. The molecule has 1 N–H and O–H groups in total. The van der Waals surface area contributed by atoms with Gasteiger partial charge in [0, 0.05) is 23.9 Å². The molecule has 0 saturated carbocycles. The lowest BCUT2D eigenvalue weighted by atomic mass is 10.1. The van der Waals surface area contributed by atoms with Crippen LogP contribution in [0.4, 0.5) is 11.4 Å². The zero-order valence-electron chi connectivity index (χ0n) is 15.3. The van der Waals surface area contributed by atoms with Crippen LogP contribution < -0.4 is 5.32 Å². The van der Waals surface area contributed by atoms with Crippen molar-refractivity contribution in [1.29, 1.82) is 0 Å². The highest BCUT2D eigenvalue weighted by molar-refractivity contribution is 5.95. The maximum atomic E-state index is 12.0. The molecule has 0 atom stereocenters. The molecule has 0 radical (unpaired) electrons. The Hall–Kier alpha value is -3.48. The predicted molar refractivity (Wildman–Crippen MR) is 102 cm³/mol. The first kappa shape index (κ1) is 19.8. The van der Waals surface area contributed by atoms with Gasteiger partial charge in [0.1, 0.15) is 0 Å². The van der Waals surface area contributed by atoms with Gasteiger partial charge in [-0.2, -0.15) is 0 Å². The average molecular weight is 368 g/mol. The number of nitrogens with one attached hydrogen (secondary N) is 1. The molecule has 0 spiro atoms. The second-order valence-electron chi connectivity index (χ2n) is 6.12. The van der Waals surface area contributed by atoms with E-state index in [0.717, 1.165) is 22.8 Å². The van der Waals surface area contributed by atoms with E-state index in [9.17, 15) is 19.7 Å². The number of carbonyl (C=O) groups is 2. The third-order valence-corrected chi connectivity index (χ3v) is 3.78. The SMILES string of the molecule is Cc1cc(C)c(NC(=O)COC(=O)/C=C/c2cccc([N+](=O)[O-])c2)c(C)c1. The molecular weight excluding hydrogens is 348 g/mol. The lowest BCUT2D eigenvalue weighted by molar-refractivity contribution is -0.384. The quantitative estimate of drug-likeness (QED) is 0.363. The molecule has 140 valence electrons. The van der Waals surface area contributed by atoms with Crippen molar-refractivity contribution in [1.82, 2.24) is 0 Å². The van der Waals surface area contributed by atoms with E-state index in [2.05, 4.69) is 5.32 Å². The number of hydrogen-bond donors (Lipinski definition) is 1. The Morgan fingerprint density at radius 1 is 1.15 bits per heavy atom. The highest BCUT2D eigenvalue weighted by Crippen LogP contribution is 2.21. The molecule has 7 nitrogen and oxygen atoms in total. The maximum Gasteiger partial charge on any atom is 0.331 e. The molecule has 0 fully saturated rings. The fourth-order valence-corrected chi connectivity index (χ4v) is 2.64. The molecule has 27 heavy (non-hydrogen) atoms. The Balaban J connectivity index is 1.91. The fourth-order valence-electron chi connectivity index (χ4n) is 2.64. The molecule has 2 rings (SSSR count). The Morgan fingerprint density at radius 3 is 2.44 bits per heavy atom. The summed E-state index contributed by atoms with van der Waals surface area (Å²) in [6, 6.07) is 9.73. The monoisotopic (exact) mass is 368 g/mol. The van der Waals surface area contributed by atoms with Gasteiger partial charge in [-0.3, -0.25) is 14.9 Å².